The van der Waals surface area contributed by atoms with Gasteiger partial charge in [-0.15, -0.1) is 15.0 Å². The Morgan fingerprint density at radius 1 is 1.20 bits per heavy atom. The van der Waals surface area contributed by atoms with Gasteiger partial charge in [0.05, 0.1) is 6.20 Å². The molecular formula is C10H8N4O. The maximum Gasteiger partial charge on any atom is 0.205 e. The summed E-state index contributed by atoms with van der Waals surface area (Å²) in [6, 6.07) is 9.50. The third-order valence-electron chi connectivity index (χ3n) is 1.76. The fourth-order valence-corrected chi connectivity index (χ4v) is 1.10. The minimum absolute atomic E-state index is 0.533. The summed E-state index contributed by atoms with van der Waals surface area (Å²) in [5, 5.41) is 11.7. The number of tetrazole rings is 1. The molecule has 0 fully saturated rings. The number of allylic oxidation sites excluding steroid dienone is 1. The first kappa shape index (κ1) is 9.26. The van der Waals surface area contributed by atoms with Gasteiger partial charge in [0.2, 0.25) is 5.82 Å². The quantitative estimate of drug-likeness (QED) is 0.548. The topological polar surface area (TPSA) is 60.7 Å². The summed E-state index contributed by atoms with van der Waals surface area (Å²) in [6.45, 7) is 0. The standard InChI is InChI=1S/C10H8N4O/c15-8-4-7-14-12-10(11-13-14)9-5-2-1-3-6-9/h1-8H/b7-4+. The van der Waals surface area contributed by atoms with E-state index < -0.39 is 0 Å². The maximum atomic E-state index is 10.1. The van der Waals surface area contributed by atoms with Crippen LogP contribution in [0.3, 0.4) is 0 Å². The van der Waals surface area contributed by atoms with Gasteiger partial charge in [0.25, 0.3) is 0 Å². The van der Waals surface area contributed by atoms with Crippen molar-refractivity contribution >= 4 is 12.5 Å². The Kier molecular flexibility index (Phi) is 2.64. The van der Waals surface area contributed by atoms with Gasteiger partial charge >= 0.3 is 0 Å². The summed E-state index contributed by atoms with van der Waals surface area (Å²) < 4.78 is 0. The molecule has 0 bridgehead atoms. The Balaban J connectivity index is 2.28. The van der Waals surface area contributed by atoms with Crippen LogP contribution in [0, 0.1) is 0 Å². The van der Waals surface area contributed by atoms with Crippen LogP contribution in [-0.4, -0.2) is 26.5 Å². The van der Waals surface area contributed by atoms with Crippen molar-refractivity contribution in [3.63, 3.8) is 0 Å². The lowest BCUT2D eigenvalue weighted by atomic mass is 10.2. The molecule has 0 saturated heterocycles. The van der Waals surface area contributed by atoms with Gasteiger partial charge in [-0.25, -0.2) is 0 Å². The zero-order valence-corrected chi connectivity index (χ0v) is 7.82. The normalized spacial score (nSPS) is 10.7. The molecule has 0 amide bonds. The van der Waals surface area contributed by atoms with E-state index in [1.165, 1.54) is 17.1 Å². The molecule has 1 heterocycles. The molecule has 0 spiro atoms. The first-order chi connectivity index (χ1) is 7.40. The first-order valence-electron chi connectivity index (χ1n) is 4.37. The van der Waals surface area contributed by atoms with Crippen molar-refractivity contribution in [2.75, 3.05) is 0 Å². The second-order valence-corrected chi connectivity index (χ2v) is 2.78. The smallest absolute Gasteiger partial charge is 0.205 e. The van der Waals surface area contributed by atoms with Gasteiger partial charge in [0.15, 0.2) is 0 Å². The number of benzene rings is 1. The lowest BCUT2D eigenvalue weighted by Gasteiger charge is -1.90. The molecule has 5 heteroatoms. The van der Waals surface area contributed by atoms with E-state index in [1.54, 1.807) is 0 Å². The number of carbonyl (C=O) groups is 1. The van der Waals surface area contributed by atoms with E-state index in [2.05, 4.69) is 15.4 Å². The Labute approximate surface area is 86.0 Å². The molecular weight excluding hydrogens is 192 g/mol. The Morgan fingerprint density at radius 2 is 2.00 bits per heavy atom. The number of rotatable bonds is 3. The van der Waals surface area contributed by atoms with Gasteiger partial charge in [-0.3, -0.25) is 4.79 Å². The minimum atomic E-state index is 0.533. The molecule has 0 aliphatic heterocycles. The van der Waals surface area contributed by atoms with Crippen molar-refractivity contribution < 1.29 is 4.79 Å². The maximum absolute atomic E-state index is 10.1. The number of aldehydes is 1. The third kappa shape index (κ3) is 2.14. The number of hydrogen-bond acceptors (Lipinski definition) is 4. The fourth-order valence-electron chi connectivity index (χ4n) is 1.10. The zero-order valence-electron chi connectivity index (χ0n) is 7.82. The molecule has 0 radical (unpaired) electrons. The molecule has 5 nitrogen and oxygen atoms in total. The van der Waals surface area contributed by atoms with E-state index in [9.17, 15) is 4.79 Å². The summed E-state index contributed by atoms with van der Waals surface area (Å²) in [5.74, 6) is 0.533. The number of aromatic nitrogens is 4. The van der Waals surface area contributed by atoms with E-state index in [1.807, 2.05) is 30.3 Å². The molecule has 74 valence electrons. The highest BCUT2D eigenvalue weighted by Crippen LogP contribution is 2.11. The summed E-state index contributed by atoms with van der Waals surface area (Å²) >= 11 is 0. The Bertz CT molecular complexity index is 475. The number of hydrogen-bond donors (Lipinski definition) is 0. The first-order valence-corrected chi connectivity index (χ1v) is 4.37. The van der Waals surface area contributed by atoms with E-state index in [0.717, 1.165) is 5.56 Å². The summed E-state index contributed by atoms with van der Waals surface area (Å²) in [6.07, 6.45) is 3.40. The molecule has 2 rings (SSSR count). The van der Waals surface area contributed by atoms with Gasteiger partial charge < -0.3 is 0 Å². The van der Waals surface area contributed by atoms with Crippen molar-refractivity contribution in [3.8, 4) is 11.4 Å². The molecule has 1 aromatic heterocycles. The van der Waals surface area contributed by atoms with E-state index in [0.29, 0.717) is 12.1 Å². The van der Waals surface area contributed by atoms with Crippen molar-refractivity contribution in [1.82, 2.24) is 20.2 Å². The van der Waals surface area contributed by atoms with Gasteiger partial charge in [-0.1, -0.05) is 30.3 Å². The molecule has 0 unspecified atom stereocenters. The van der Waals surface area contributed by atoms with Crippen LogP contribution in [0.2, 0.25) is 0 Å². The van der Waals surface area contributed by atoms with Crippen molar-refractivity contribution in [3.05, 3.63) is 36.4 Å². The summed E-state index contributed by atoms with van der Waals surface area (Å²) in [5.41, 5.74) is 0.892. The number of carbonyl (C=O) groups excluding carboxylic acids is 1. The average molecular weight is 200 g/mol. The van der Waals surface area contributed by atoms with Gasteiger partial charge in [0, 0.05) is 5.56 Å². The van der Waals surface area contributed by atoms with Crippen LogP contribution < -0.4 is 0 Å². The molecule has 2 aromatic rings. The highest BCUT2D eigenvalue weighted by atomic mass is 16.1. The van der Waals surface area contributed by atoms with E-state index in [4.69, 9.17) is 0 Å². The van der Waals surface area contributed by atoms with Crippen LogP contribution in [-0.2, 0) is 4.79 Å². The number of nitrogens with zero attached hydrogens (tertiary/aromatic N) is 4. The molecule has 15 heavy (non-hydrogen) atoms. The molecule has 0 aliphatic rings. The van der Waals surface area contributed by atoms with Crippen molar-refractivity contribution in [1.29, 1.82) is 0 Å². The highest BCUT2D eigenvalue weighted by Gasteiger charge is 2.02. The van der Waals surface area contributed by atoms with Gasteiger partial charge in [-0.05, 0) is 11.3 Å². The molecule has 1 aromatic carbocycles. The molecule has 0 atom stereocenters. The summed E-state index contributed by atoms with van der Waals surface area (Å²) in [4.78, 5) is 11.3. The van der Waals surface area contributed by atoms with Crippen LogP contribution in [0.5, 0.6) is 0 Å². The van der Waals surface area contributed by atoms with Gasteiger partial charge in [0.1, 0.15) is 6.29 Å². The van der Waals surface area contributed by atoms with Crippen molar-refractivity contribution in [2.45, 2.75) is 0 Å². The van der Waals surface area contributed by atoms with Crippen LogP contribution in [0.1, 0.15) is 0 Å². The predicted octanol–water partition coefficient (Wildman–Crippen LogP) is 1.01. The lowest BCUT2D eigenvalue weighted by Crippen LogP contribution is -1.91. The minimum Gasteiger partial charge on any atom is -0.299 e. The zero-order chi connectivity index (χ0) is 10.5. The Hall–Kier alpha value is -2.30. The second kappa shape index (κ2) is 4.28. The second-order valence-electron chi connectivity index (χ2n) is 2.78. The molecule has 0 saturated carbocycles. The van der Waals surface area contributed by atoms with Crippen LogP contribution in [0.25, 0.3) is 17.6 Å². The molecule has 0 N–H and O–H groups in total. The fraction of sp³-hybridized carbons (Fsp3) is 0. The van der Waals surface area contributed by atoms with E-state index >= 15 is 0 Å². The third-order valence-corrected chi connectivity index (χ3v) is 1.76. The lowest BCUT2D eigenvalue weighted by molar-refractivity contribution is -0.104. The largest absolute Gasteiger partial charge is 0.299 e. The Morgan fingerprint density at radius 3 is 2.73 bits per heavy atom. The monoisotopic (exact) mass is 200 g/mol. The van der Waals surface area contributed by atoms with Gasteiger partial charge in [-0.2, -0.15) is 0 Å². The predicted molar refractivity (Wildman–Crippen MR) is 54.6 cm³/mol. The highest BCUT2D eigenvalue weighted by molar-refractivity contribution is 5.69. The van der Waals surface area contributed by atoms with Crippen LogP contribution >= 0.6 is 0 Å². The SMILES string of the molecule is O=C/C=C/n1nnc(-c2ccccc2)n1. The average Bonchev–Trinajstić information content (AvgIpc) is 2.76. The molecule has 0 aliphatic carbocycles. The van der Waals surface area contributed by atoms with Crippen molar-refractivity contribution in [2.24, 2.45) is 0 Å². The van der Waals surface area contributed by atoms with Crippen LogP contribution in [0.4, 0.5) is 0 Å². The van der Waals surface area contributed by atoms with Crippen LogP contribution in [0.15, 0.2) is 36.4 Å². The summed E-state index contributed by atoms with van der Waals surface area (Å²) in [7, 11) is 0. The van der Waals surface area contributed by atoms with E-state index in [-0.39, 0.29) is 0 Å².